The minimum absolute atomic E-state index is 0.00861. The summed E-state index contributed by atoms with van der Waals surface area (Å²) >= 11 is 3.57. The average Bonchev–Trinajstić information content (AvgIpc) is 3.06. The molecule has 2 amide bonds. The SMILES string of the molecule is COc1ccc(CSCCNCCNc2cc(CN(C(=N)NC(=O)OC(C)(C)C)C(=O)OC(C)(C)C)ccc2SCc2ccc(OC)cc2)cc1. The Balaban J connectivity index is 1.69. The highest BCUT2D eigenvalue weighted by atomic mass is 32.2. The predicted octanol–water partition coefficient (Wildman–Crippen LogP) is 8.13. The molecule has 0 aromatic heterocycles. The maximum absolute atomic E-state index is 13.3. The summed E-state index contributed by atoms with van der Waals surface area (Å²) in [7, 11) is 3.32. The number of guanidine groups is 1. The molecule has 0 spiro atoms. The van der Waals surface area contributed by atoms with E-state index in [1.165, 1.54) is 5.56 Å². The molecule has 0 bridgehead atoms. The van der Waals surface area contributed by atoms with E-state index in [4.69, 9.17) is 24.4 Å². The first-order chi connectivity index (χ1) is 24.2. The van der Waals surface area contributed by atoms with Crippen molar-refractivity contribution in [1.29, 1.82) is 5.41 Å². The molecule has 4 N–H and O–H groups in total. The van der Waals surface area contributed by atoms with E-state index in [2.05, 4.69) is 28.1 Å². The molecule has 0 aliphatic carbocycles. The smallest absolute Gasteiger partial charge is 0.417 e. The summed E-state index contributed by atoms with van der Waals surface area (Å²) in [5.41, 5.74) is 2.49. The van der Waals surface area contributed by atoms with Crippen molar-refractivity contribution >= 4 is 47.4 Å². The molecule has 11 nitrogen and oxygen atoms in total. The summed E-state index contributed by atoms with van der Waals surface area (Å²) < 4.78 is 21.5. The van der Waals surface area contributed by atoms with Gasteiger partial charge in [-0.2, -0.15) is 11.8 Å². The minimum Gasteiger partial charge on any atom is -0.497 e. The number of alkyl carbamates (subject to hydrolysis) is 1. The Labute approximate surface area is 311 Å². The molecule has 0 radical (unpaired) electrons. The van der Waals surface area contributed by atoms with E-state index in [9.17, 15) is 9.59 Å². The van der Waals surface area contributed by atoms with Crippen LogP contribution in [0, 0.1) is 5.41 Å². The maximum atomic E-state index is 13.3. The van der Waals surface area contributed by atoms with Crippen molar-refractivity contribution in [1.82, 2.24) is 15.5 Å². The minimum atomic E-state index is -0.833. The fourth-order valence-corrected chi connectivity index (χ4v) is 6.32. The third-order valence-corrected chi connectivity index (χ3v) is 9.08. The molecular weight excluding hydrogens is 687 g/mol. The second kappa shape index (κ2) is 20.1. The molecule has 0 aliphatic rings. The van der Waals surface area contributed by atoms with Gasteiger partial charge in [-0.25, -0.2) is 14.5 Å². The second-order valence-corrected chi connectivity index (χ2v) is 15.7. The van der Waals surface area contributed by atoms with Gasteiger partial charge in [0.25, 0.3) is 0 Å². The zero-order chi connectivity index (χ0) is 37.4. The topological polar surface area (TPSA) is 134 Å². The highest BCUT2D eigenvalue weighted by Crippen LogP contribution is 2.32. The molecule has 0 atom stereocenters. The number of amides is 2. The van der Waals surface area contributed by atoms with Gasteiger partial charge in [0.2, 0.25) is 5.96 Å². The lowest BCUT2D eigenvalue weighted by Crippen LogP contribution is -2.49. The highest BCUT2D eigenvalue weighted by Gasteiger charge is 2.28. The lowest BCUT2D eigenvalue weighted by Gasteiger charge is -2.28. The molecule has 0 heterocycles. The molecule has 0 saturated carbocycles. The Bertz CT molecular complexity index is 1560. The van der Waals surface area contributed by atoms with Crippen molar-refractivity contribution in [3.63, 3.8) is 0 Å². The van der Waals surface area contributed by atoms with Crippen LogP contribution in [0.4, 0.5) is 15.3 Å². The number of hydrogen-bond donors (Lipinski definition) is 4. The number of nitrogens with one attached hydrogen (secondary N) is 4. The Kier molecular flexibility index (Phi) is 16.3. The molecule has 3 rings (SSSR count). The molecule has 0 aliphatic heterocycles. The number of carbonyl (C=O) groups excluding carboxylic acids is 2. The Morgan fingerprint density at radius 3 is 1.88 bits per heavy atom. The van der Waals surface area contributed by atoms with Crippen LogP contribution in [-0.4, -0.2) is 73.9 Å². The molecule has 0 fully saturated rings. The van der Waals surface area contributed by atoms with Gasteiger partial charge in [0.05, 0.1) is 20.8 Å². The zero-order valence-electron chi connectivity index (χ0n) is 31.0. The predicted molar refractivity (Wildman–Crippen MR) is 208 cm³/mol. The fourth-order valence-electron chi connectivity index (χ4n) is 4.49. The van der Waals surface area contributed by atoms with Crippen LogP contribution in [-0.2, 0) is 27.5 Å². The van der Waals surface area contributed by atoms with Crippen LogP contribution in [0.25, 0.3) is 0 Å². The largest absolute Gasteiger partial charge is 0.497 e. The van der Waals surface area contributed by atoms with Gasteiger partial charge in [0.15, 0.2) is 0 Å². The van der Waals surface area contributed by atoms with Gasteiger partial charge >= 0.3 is 12.2 Å². The Morgan fingerprint density at radius 2 is 1.31 bits per heavy atom. The van der Waals surface area contributed by atoms with Crippen molar-refractivity contribution in [2.24, 2.45) is 0 Å². The van der Waals surface area contributed by atoms with E-state index in [1.54, 1.807) is 67.5 Å². The summed E-state index contributed by atoms with van der Waals surface area (Å²) in [6.45, 7) is 12.7. The summed E-state index contributed by atoms with van der Waals surface area (Å²) in [6.07, 6.45) is -1.59. The average molecular weight is 740 g/mol. The normalized spacial score (nSPS) is 11.4. The maximum Gasteiger partial charge on any atom is 0.417 e. The molecule has 3 aromatic rings. The van der Waals surface area contributed by atoms with Crippen molar-refractivity contribution in [3.8, 4) is 11.5 Å². The van der Waals surface area contributed by atoms with Crippen LogP contribution < -0.4 is 25.4 Å². The molecular formula is C38H53N5O6S2. The molecule has 51 heavy (non-hydrogen) atoms. The first-order valence-electron chi connectivity index (χ1n) is 16.8. The third-order valence-electron chi connectivity index (χ3n) is 6.91. The number of anilines is 1. The van der Waals surface area contributed by atoms with Gasteiger partial charge < -0.3 is 29.6 Å². The summed E-state index contributed by atoms with van der Waals surface area (Å²) in [5, 5.41) is 18.0. The Morgan fingerprint density at radius 1 is 0.745 bits per heavy atom. The van der Waals surface area contributed by atoms with Gasteiger partial charge in [0.1, 0.15) is 22.7 Å². The van der Waals surface area contributed by atoms with Crippen molar-refractivity contribution in [2.75, 3.05) is 44.9 Å². The standard InChI is InChI=1S/C38H53N5O6S2/c1-37(2,3)48-35(44)42-34(39)43(36(45)49-38(4,5)6)24-29-13-18-33(51-26-28-11-16-31(47-8)17-12-28)32(23-29)41-20-19-40-21-22-50-25-27-9-14-30(46-7)15-10-27/h9-18,23,40-41H,19-22,24-26H2,1-8H3,(H2,39,42,44). The van der Waals surface area contributed by atoms with Crippen LogP contribution in [0.15, 0.2) is 71.6 Å². The Hall–Kier alpha value is -4.07. The van der Waals surface area contributed by atoms with Gasteiger partial charge in [0, 0.05) is 47.5 Å². The van der Waals surface area contributed by atoms with E-state index in [0.29, 0.717) is 6.54 Å². The number of ether oxygens (including phenoxy) is 4. The molecule has 13 heteroatoms. The summed E-state index contributed by atoms with van der Waals surface area (Å²) in [6, 6.07) is 22.0. The number of thioether (sulfide) groups is 2. The molecule has 0 unspecified atom stereocenters. The number of methoxy groups -OCH3 is 2. The number of nitrogens with zero attached hydrogens (tertiary/aromatic N) is 1. The van der Waals surface area contributed by atoms with Crippen molar-refractivity contribution in [3.05, 3.63) is 83.4 Å². The number of hydrogen-bond acceptors (Lipinski definition) is 11. The van der Waals surface area contributed by atoms with Gasteiger partial charge in [-0.15, -0.1) is 11.8 Å². The fraction of sp³-hybridized carbons (Fsp3) is 0.447. The quantitative estimate of drug-likeness (QED) is 0.0494. The molecule has 278 valence electrons. The summed E-state index contributed by atoms with van der Waals surface area (Å²) in [5.74, 6) is 3.89. The monoisotopic (exact) mass is 739 g/mol. The van der Waals surface area contributed by atoms with E-state index < -0.39 is 29.3 Å². The number of rotatable bonds is 16. The van der Waals surface area contributed by atoms with E-state index in [1.807, 2.05) is 66.4 Å². The molecule has 0 saturated heterocycles. The van der Waals surface area contributed by atoms with Crippen LogP contribution in [0.1, 0.15) is 58.2 Å². The van der Waals surface area contributed by atoms with Crippen molar-refractivity contribution < 1.29 is 28.5 Å². The van der Waals surface area contributed by atoms with Crippen LogP contribution in [0.5, 0.6) is 11.5 Å². The lowest BCUT2D eigenvalue weighted by atomic mass is 10.2. The lowest BCUT2D eigenvalue weighted by molar-refractivity contribution is 0.0346. The number of benzene rings is 3. The first kappa shape index (κ1) is 41.4. The first-order valence-corrected chi connectivity index (χ1v) is 18.9. The van der Waals surface area contributed by atoms with Crippen LogP contribution in [0.3, 0.4) is 0 Å². The highest BCUT2D eigenvalue weighted by molar-refractivity contribution is 7.98. The number of carbonyl (C=O) groups is 2. The zero-order valence-corrected chi connectivity index (χ0v) is 32.6. The molecule has 3 aromatic carbocycles. The van der Waals surface area contributed by atoms with E-state index in [-0.39, 0.29) is 6.54 Å². The van der Waals surface area contributed by atoms with E-state index >= 15 is 0 Å². The van der Waals surface area contributed by atoms with E-state index in [0.717, 1.165) is 68.5 Å². The van der Waals surface area contributed by atoms with Crippen molar-refractivity contribution in [2.45, 2.75) is 75.7 Å². The summed E-state index contributed by atoms with van der Waals surface area (Å²) in [4.78, 5) is 27.9. The van der Waals surface area contributed by atoms with Gasteiger partial charge in [-0.05, 0) is 94.6 Å². The van der Waals surface area contributed by atoms with Crippen LogP contribution in [0.2, 0.25) is 0 Å². The van der Waals surface area contributed by atoms with Gasteiger partial charge in [-0.3, -0.25) is 10.7 Å². The third kappa shape index (κ3) is 15.8. The van der Waals surface area contributed by atoms with Gasteiger partial charge in [-0.1, -0.05) is 30.3 Å². The second-order valence-electron chi connectivity index (χ2n) is 13.6. The van der Waals surface area contributed by atoms with Crippen LogP contribution >= 0.6 is 23.5 Å².